The van der Waals surface area contributed by atoms with E-state index < -0.39 is 28.8 Å². The first kappa shape index (κ1) is 30.0. The zero-order chi connectivity index (χ0) is 28.4. The second-order valence-electron chi connectivity index (χ2n) is 14.5. The Morgan fingerprint density at radius 2 is 1.74 bits per heavy atom. The molecule has 0 spiro atoms. The number of ether oxygens (including phenoxy) is 1. The number of carbonyl (C=O) groups excluding carboxylic acids is 1. The Labute approximate surface area is 228 Å². The van der Waals surface area contributed by atoms with Gasteiger partial charge in [-0.1, -0.05) is 33.3 Å². The number of hydrogen-bond donors (Lipinski definition) is 4. The summed E-state index contributed by atoms with van der Waals surface area (Å²) >= 11 is 0. The predicted octanol–water partition coefficient (Wildman–Crippen LogP) is 5.26. The molecule has 0 aromatic carbocycles. The molecule has 0 unspecified atom stereocenters. The Kier molecular flexibility index (Phi) is 7.99. The summed E-state index contributed by atoms with van der Waals surface area (Å²) in [6, 6.07) is 0. The van der Waals surface area contributed by atoms with Crippen LogP contribution in [0.1, 0.15) is 107 Å². The highest BCUT2D eigenvalue weighted by Crippen LogP contribution is 2.69. The van der Waals surface area contributed by atoms with Crippen molar-refractivity contribution in [2.24, 2.45) is 40.4 Å². The minimum Gasteiger partial charge on any atom is -0.460 e. The largest absolute Gasteiger partial charge is 0.460 e. The number of aliphatic hydroxyl groups excluding tert-OH is 2. The van der Waals surface area contributed by atoms with Gasteiger partial charge in [-0.15, -0.1) is 0 Å². The van der Waals surface area contributed by atoms with E-state index in [1.165, 1.54) is 18.1 Å². The molecule has 7 heteroatoms. The first-order valence-corrected chi connectivity index (χ1v) is 14.8. The van der Waals surface area contributed by atoms with Crippen LogP contribution in [0.25, 0.3) is 0 Å². The van der Waals surface area contributed by atoms with Gasteiger partial charge in [0.25, 0.3) is 0 Å². The van der Waals surface area contributed by atoms with E-state index in [1.54, 1.807) is 0 Å². The van der Waals surface area contributed by atoms with Gasteiger partial charge in [-0.05, 0) is 106 Å². The molecule has 0 amide bonds. The maximum Gasteiger partial charge on any atom is 0.303 e. The van der Waals surface area contributed by atoms with Crippen LogP contribution in [-0.4, -0.2) is 56.1 Å². The Morgan fingerprint density at radius 1 is 1.08 bits per heavy atom. The van der Waals surface area contributed by atoms with E-state index in [2.05, 4.69) is 34.6 Å². The van der Waals surface area contributed by atoms with Crippen molar-refractivity contribution in [3.8, 4) is 0 Å². The molecular weight excluding hydrogens is 484 g/mol. The van der Waals surface area contributed by atoms with Crippen molar-refractivity contribution in [3.05, 3.63) is 11.1 Å². The lowest BCUT2D eigenvalue weighted by Crippen LogP contribution is -2.68. The van der Waals surface area contributed by atoms with E-state index in [4.69, 9.17) is 9.62 Å². The van der Waals surface area contributed by atoms with Crippen molar-refractivity contribution in [3.63, 3.8) is 0 Å². The van der Waals surface area contributed by atoms with Gasteiger partial charge in [-0.25, -0.2) is 4.89 Å². The van der Waals surface area contributed by atoms with Crippen LogP contribution in [0.4, 0.5) is 0 Å². The van der Waals surface area contributed by atoms with Gasteiger partial charge in [0.2, 0.25) is 0 Å². The van der Waals surface area contributed by atoms with Crippen molar-refractivity contribution in [2.75, 3.05) is 0 Å². The minimum atomic E-state index is -1.26. The van der Waals surface area contributed by atoms with Gasteiger partial charge >= 0.3 is 5.97 Å². The lowest BCUT2D eigenvalue weighted by Gasteiger charge is -2.65. The summed E-state index contributed by atoms with van der Waals surface area (Å²) in [5.74, 6) is 0.800. The molecule has 0 aliphatic heterocycles. The van der Waals surface area contributed by atoms with Crippen LogP contribution in [0.2, 0.25) is 0 Å². The number of hydrogen-bond acceptors (Lipinski definition) is 7. The quantitative estimate of drug-likeness (QED) is 0.158. The van der Waals surface area contributed by atoms with E-state index >= 15 is 0 Å². The molecule has 4 N–H and O–H groups in total. The first-order valence-electron chi connectivity index (χ1n) is 14.8. The maximum atomic E-state index is 11.7. The second kappa shape index (κ2) is 10.1. The van der Waals surface area contributed by atoms with Crippen molar-refractivity contribution in [1.82, 2.24) is 0 Å². The summed E-state index contributed by atoms with van der Waals surface area (Å²) in [6.07, 6.45) is 3.69. The number of rotatable bonds is 6. The molecule has 0 bridgehead atoms. The smallest absolute Gasteiger partial charge is 0.303 e. The standard InChI is InChI=1S/C31H52O7/c1-17(19(3)28(5,6)37-20(4)32)13-18(2)27-25(38-36)15-24-22-14-26(34)31(35)16-21(33)9-12-30(31,8)23(22)10-11-29(24,27)7/h17,19,21-26,33-36H,9-16H2,1-8H3/b27-18-/t17-,19+,21+,22-,23+,24+,25+,26+,29+,30-,31-/m1/s1. The third-order valence-electron chi connectivity index (χ3n) is 12.2. The lowest BCUT2D eigenvalue weighted by molar-refractivity contribution is -0.272. The fourth-order valence-corrected chi connectivity index (χ4v) is 9.84. The van der Waals surface area contributed by atoms with Gasteiger partial charge in [-0.2, -0.15) is 0 Å². The monoisotopic (exact) mass is 536 g/mol. The molecule has 4 aliphatic carbocycles. The second-order valence-corrected chi connectivity index (χ2v) is 14.5. The van der Waals surface area contributed by atoms with Gasteiger partial charge in [-0.3, -0.25) is 10.1 Å². The molecule has 218 valence electrons. The summed E-state index contributed by atoms with van der Waals surface area (Å²) in [7, 11) is 0. The lowest BCUT2D eigenvalue weighted by atomic mass is 9.42. The summed E-state index contributed by atoms with van der Waals surface area (Å²) in [5, 5.41) is 43.5. The highest BCUT2D eigenvalue weighted by atomic mass is 17.1. The Hall–Kier alpha value is -0.990. The average molecular weight is 537 g/mol. The SMILES string of the molecule is CC(=O)OC(C)(C)[C@@H](C)[C@H](C)C/C(C)=C1/[C@@H](OO)C[C@H]2[C@@H]3C[C@H](O)[C@]4(O)C[C@@H](O)CC[C@]4(C)[C@H]3CC[C@]12C. The van der Waals surface area contributed by atoms with Gasteiger partial charge < -0.3 is 20.1 Å². The van der Waals surface area contributed by atoms with Gasteiger partial charge in [0, 0.05) is 18.8 Å². The number of allylic oxidation sites excluding steroid dienone is 1. The fraction of sp³-hybridized carbons (Fsp3) is 0.903. The molecule has 0 aromatic rings. The van der Waals surface area contributed by atoms with Crippen LogP contribution in [-0.2, 0) is 14.4 Å². The van der Waals surface area contributed by atoms with Crippen LogP contribution >= 0.6 is 0 Å². The Morgan fingerprint density at radius 3 is 2.34 bits per heavy atom. The molecular formula is C31H52O7. The van der Waals surface area contributed by atoms with Crippen molar-refractivity contribution < 1.29 is 35.0 Å². The molecule has 4 saturated carbocycles. The molecule has 38 heavy (non-hydrogen) atoms. The van der Waals surface area contributed by atoms with Gasteiger partial charge in [0.15, 0.2) is 0 Å². The number of aliphatic hydroxyl groups is 3. The highest BCUT2D eigenvalue weighted by Gasteiger charge is 2.68. The van der Waals surface area contributed by atoms with Crippen LogP contribution in [0.5, 0.6) is 0 Å². The Bertz CT molecular complexity index is 945. The number of esters is 1. The summed E-state index contributed by atoms with van der Waals surface area (Å²) in [6.45, 7) is 16.3. The molecule has 0 radical (unpaired) electrons. The third-order valence-corrected chi connectivity index (χ3v) is 12.2. The topological polar surface area (TPSA) is 116 Å². The molecule has 7 nitrogen and oxygen atoms in total. The zero-order valence-corrected chi connectivity index (χ0v) is 24.8. The van der Waals surface area contributed by atoms with E-state index in [0.717, 1.165) is 19.3 Å². The first-order chi connectivity index (χ1) is 17.5. The van der Waals surface area contributed by atoms with Crippen LogP contribution in [0.15, 0.2) is 11.1 Å². The number of carbonyl (C=O) groups is 1. The van der Waals surface area contributed by atoms with Crippen molar-refractivity contribution in [1.29, 1.82) is 0 Å². The summed E-state index contributed by atoms with van der Waals surface area (Å²) in [4.78, 5) is 16.8. The Balaban J connectivity index is 1.63. The van der Waals surface area contributed by atoms with Gasteiger partial charge in [0.1, 0.15) is 11.7 Å². The zero-order valence-electron chi connectivity index (χ0n) is 24.8. The van der Waals surface area contributed by atoms with E-state index in [0.29, 0.717) is 25.7 Å². The molecule has 0 heterocycles. The normalized spacial score (nSPS) is 45.9. The molecule has 4 fully saturated rings. The summed E-state index contributed by atoms with van der Waals surface area (Å²) in [5.41, 5.74) is -0.0367. The fourth-order valence-electron chi connectivity index (χ4n) is 9.84. The molecule has 11 atom stereocenters. The molecule has 4 aliphatic rings. The third kappa shape index (κ3) is 4.58. The minimum absolute atomic E-state index is 0.129. The predicted molar refractivity (Wildman–Crippen MR) is 145 cm³/mol. The highest BCUT2D eigenvalue weighted by molar-refractivity contribution is 5.66. The number of fused-ring (bicyclic) bond motifs is 5. The molecule has 4 rings (SSSR count). The van der Waals surface area contributed by atoms with E-state index in [-0.39, 0.29) is 53.5 Å². The van der Waals surface area contributed by atoms with Crippen molar-refractivity contribution >= 4 is 5.97 Å². The van der Waals surface area contributed by atoms with Crippen molar-refractivity contribution in [2.45, 2.75) is 136 Å². The molecule has 0 aromatic heterocycles. The maximum absolute atomic E-state index is 11.7. The van der Waals surface area contributed by atoms with Crippen LogP contribution in [0.3, 0.4) is 0 Å². The summed E-state index contributed by atoms with van der Waals surface area (Å²) < 4.78 is 5.63. The molecule has 0 saturated heterocycles. The van der Waals surface area contributed by atoms with Crippen LogP contribution < -0.4 is 0 Å². The van der Waals surface area contributed by atoms with E-state index in [9.17, 15) is 25.4 Å². The van der Waals surface area contributed by atoms with E-state index in [1.807, 2.05) is 13.8 Å². The van der Waals surface area contributed by atoms with Gasteiger partial charge in [0.05, 0.1) is 17.8 Å². The average Bonchev–Trinajstić information content (AvgIpc) is 3.12. The van der Waals surface area contributed by atoms with Crippen LogP contribution in [0, 0.1) is 40.4 Å².